The largest absolute Gasteiger partial charge is 0.466 e. The minimum absolute atomic E-state index is 0.163. The van der Waals surface area contributed by atoms with E-state index in [1.807, 2.05) is 19.1 Å². The Morgan fingerprint density at radius 3 is 2.46 bits per heavy atom. The van der Waals surface area contributed by atoms with Gasteiger partial charge in [0.25, 0.3) is 0 Å². The summed E-state index contributed by atoms with van der Waals surface area (Å²) in [5, 5.41) is 1.20. The van der Waals surface area contributed by atoms with Crippen LogP contribution >= 0.6 is 11.6 Å². The van der Waals surface area contributed by atoms with Crippen molar-refractivity contribution in [2.75, 3.05) is 13.2 Å². The van der Waals surface area contributed by atoms with Gasteiger partial charge in [-0.2, -0.15) is 0 Å². The third-order valence-corrected chi connectivity index (χ3v) is 4.30. The van der Waals surface area contributed by atoms with E-state index < -0.39 is 5.97 Å². The Kier molecular flexibility index (Phi) is 7.39. The Morgan fingerprint density at radius 1 is 1.08 bits per heavy atom. The van der Waals surface area contributed by atoms with Gasteiger partial charge in [0, 0.05) is 11.8 Å². The Labute approximate surface area is 158 Å². The zero-order valence-electron chi connectivity index (χ0n) is 15.4. The zero-order chi connectivity index (χ0) is 19.1. The molecule has 0 aliphatic heterocycles. The van der Waals surface area contributed by atoms with Gasteiger partial charge >= 0.3 is 11.9 Å². The fourth-order valence-electron chi connectivity index (χ4n) is 2.98. The lowest BCUT2D eigenvalue weighted by Gasteiger charge is -2.17. The Bertz CT molecular complexity index is 804. The van der Waals surface area contributed by atoms with E-state index in [1.165, 1.54) is 0 Å². The fourth-order valence-corrected chi connectivity index (χ4v) is 3.26. The number of aryl methyl sites for hydroxylation is 2. The van der Waals surface area contributed by atoms with Crippen molar-refractivity contribution in [3.63, 3.8) is 0 Å². The van der Waals surface area contributed by atoms with E-state index in [0.29, 0.717) is 52.2 Å². The van der Waals surface area contributed by atoms with Crippen LogP contribution in [0.3, 0.4) is 0 Å². The molecule has 5 nitrogen and oxygen atoms in total. The van der Waals surface area contributed by atoms with Gasteiger partial charge in [-0.25, -0.2) is 4.79 Å². The Balaban J connectivity index is 2.65. The Hall–Kier alpha value is -2.14. The first-order valence-corrected chi connectivity index (χ1v) is 9.33. The molecule has 0 amide bonds. The topological polar surface area (TPSA) is 65.5 Å². The second kappa shape index (κ2) is 9.53. The first kappa shape index (κ1) is 20.2. The molecule has 2 rings (SSSR count). The molecule has 0 aliphatic carbocycles. The molecule has 0 fully saturated rings. The van der Waals surface area contributed by atoms with Crippen LogP contribution in [0.4, 0.5) is 0 Å². The summed E-state index contributed by atoms with van der Waals surface area (Å²) in [6, 6.07) is 5.45. The normalized spacial score (nSPS) is 10.8. The lowest BCUT2D eigenvalue weighted by atomic mass is 9.95. The molecule has 1 aromatic heterocycles. The SMILES string of the molecule is CCCc1nc2cccc(Cl)c2c(CCC(=O)OCC)c1C(=O)OCC. The first-order valence-electron chi connectivity index (χ1n) is 8.96. The van der Waals surface area contributed by atoms with Crippen LogP contribution in [0.25, 0.3) is 10.9 Å². The standard InChI is InChI=1S/C20H24ClNO4/c1-4-8-15-19(20(24)26-6-3)13(11-12-17(23)25-5-2)18-14(21)9-7-10-16(18)22-15/h7,9-10H,4-6,8,11-12H2,1-3H3. The van der Waals surface area contributed by atoms with E-state index in [4.69, 9.17) is 21.1 Å². The maximum atomic E-state index is 12.7. The summed E-state index contributed by atoms with van der Waals surface area (Å²) in [6.45, 7) is 6.14. The molecule has 0 atom stereocenters. The number of ether oxygens (including phenoxy) is 2. The summed E-state index contributed by atoms with van der Waals surface area (Å²) < 4.78 is 10.3. The van der Waals surface area contributed by atoms with Crippen molar-refractivity contribution in [2.24, 2.45) is 0 Å². The van der Waals surface area contributed by atoms with Crippen LogP contribution in [-0.4, -0.2) is 30.1 Å². The van der Waals surface area contributed by atoms with Gasteiger partial charge in [-0.1, -0.05) is 31.0 Å². The van der Waals surface area contributed by atoms with Crippen LogP contribution in [0.1, 0.15) is 55.2 Å². The van der Waals surface area contributed by atoms with Gasteiger partial charge in [-0.15, -0.1) is 0 Å². The number of nitrogens with zero attached hydrogens (tertiary/aromatic N) is 1. The van der Waals surface area contributed by atoms with Gasteiger partial charge in [0.05, 0.1) is 35.0 Å². The molecule has 0 saturated carbocycles. The minimum atomic E-state index is -0.427. The molecule has 26 heavy (non-hydrogen) atoms. The van der Waals surface area contributed by atoms with Crippen LogP contribution < -0.4 is 0 Å². The third kappa shape index (κ3) is 4.52. The second-order valence-electron chi connectivity index (χ2n) is 5.82. The van der Waals surface area contributed by atoms with Gasteiger partial charge in [-0.3, -0.25) is 9.78 Å². The summed E-state index contributed by atoms with van der Waals surface area (Å²) >= 11 is 6.41. The molecular weight excluding hydrogens is 354 g/mol. The van der Waals surface area contributed by atoms with E-state index in [2.05, 4.69) is 4.98 Å². The van der Waals surface area contributed by atoms with Crippen LogP contribution in [0.15, 0.2) is 18.2 Å². The average Bonchev–Trinajstić information content (AvgIpc) is 2.60. The number of aromatic nitrogens is 1. The lowest BCUT2D eigenvalue weighted by Crippen LogP contribution is -2.15. The lowest BCUT2D eigenvalue weighted by molar-refractivity contribution is -0.143. The van der Waals surface area contributed by atoms with E-state index in [0.717, 1.165) is 6.42 Å². The first-order chi connectivity index (χ1) is 12.5. The number of hydrogen-bond donors (Lipinski definition) is 0. The summed E-state index contributed by atoms with van der Waals surface area (Å²) in [7, 11) is 0. The van der Waals surface area contributed by atoms with Crippen molar-refractivity contribution in [3.05, 3.63) is 40.0 Å². The number of carbonyl (C=O) groups excluding carboxylic acids is 2. The van der Waals surface area contributed by atoms with Crippen molar-refractivity contribution >= 4 is 34.4 Å². The van der Waals surface area contributed by atoms with Gasteiger partial charge in [0.2, 0.25) is 0 Å². The number of hydrogen-bond acceptors (Lipinski definition) is 5. The summed E-state index contributed by atoms with van der Waals surface area (Å²) in [5.74, 6) is -0.736. The van der Waals surface area contributed by atoms with Gasteiger partial charge in [0.1, 0.15) is 0 Å². The van der Waals surface area contributed by atoms with Crippen LogP contribution in [-0.2, 0) is 27.1 Å². The molecule has 1 aromatic carbocycles. The molecule has 0 N–H and O–H groups in total. The van der Waals surface area contributed by atoms with Crippen LogP contribution in [0.5, 0.6) is 0 Å². The predicted molar refractivity (Wildman–Crippen MR) is 102 cm³/mol. The van der Waals surface area contributed by atoms with Crippen molar-refractivity contribution in [1.82, 2.24) is 4.98 Å². The van der Waals surface area contributed by atoms with E-state index in [-0.39, 0.29) is 19.0 Å². The van der Waals surface area contributed by atoms with Crippen LogP contribution in [0, 0.1) is 0 Å². The third-order valence-electron chi connectivity index (χ3n) is 3.99. The predicted octanol–water partition coefficient (Wildman–Crippen LogP) is 4.51. The van der Waals surface area contributed by atoms with Crippen molar-refractivity contribution in [2.45, 2.75) is 46.5 Å². The average molecular weight is 378 g/mol. The van der Waals surface area contributed by atoms with Gasteiger partial charge in [0.15, 0.2) is 0 Å². The quantitative estimate of drug-likeness (QED) is 0.633. The molecule has 2 aromatic rings. The van der Waals surface area contributed by atoms with E-state index in [9.17, 15) is 9.59 Å². The molecule has 140 valence electrons. The minimum Gasteiger partial charge on any atom is -0.466 e. The molecular formula is C20H24ClNO4. The zero-order valence-corrected chi connectivity index (χ0v) is 16.2. The molecule has 0 radical (unpaired) electrons. The summed E-state index contributed by atoms with van der Waals surface area (Å²) in [6.07, 6.45) is 1.98. The number of rotatable bonds is 8. The number of fused-ring (bicyclic) bond motifs is 1. The van der Waals surface area contributed by atoms with Crippen molar-refractivity contribution in [3.8, 4) is 0 Å². The highest BCUT2D eigenvalue weighted by molar-refractivity contribution is 6.35. The number of carbonyl (C=O) groups is 2. The van der Waals surface area contributed by atoms with Gasteiger partial charge < -0.3 is 9.47 Å². The smallest absolute Gasteiger partial charge is 0.340 e. The number of benzene rings is 1. The maximum Gasteiger partial charge on any atom is 0.340 e. The highest BCUT2D eigenvalue weighted by Crippen LogP contribution is 2.32. The second-order valence-corrected chi connectivity index (χ2v) is 6.23. The molecule has 0 bridgehead atoms. The van der Waals surface area contributed by atoms with E-state index in [1.54, 1.807) is 19.9 Å². The molecule has 0 unspecified atom stereocenters. The summed E-state index contributed by atoms with van der Waals surface area (Å²) in [5.41, 5.74) is 2.53. The Morgan fingerprint density at radius 2 is 1.81 bits per heavy atom. The van der Waals surface area contributed by atoms with Gasteiger partial charge in [-0.05, 0) is 44.4 Å². The highest BCUT2D eigenvalue weighted by Gasteiger charge is 2.23. The number of pyridine rings is 1. The molecule has 1 heterocycles. The number of esters is 2. The summed E-state index contributed by atoms with van der Waals surface area (Å²) in [4.78, 5) is 29.2. The highest BCUT2D eigenvalue weighted by atomic mass is 35.5. The van der Waals surface area contributed by atoms with E-state index >= 15 is 0 Å². The molecule has 0 saturated heterocycles. The molecule has 6 heteroatoms. The molecule has 0 spiro atoms. The van der Waals surface area contributed by atoms with Crippen LogP contribution in [0.2, 0.25) is 5.02 Å². The fraction of sp³-hybridized carbons (Fsp3) is 0.450. The van der Waals surface area contributed by atoms with Crippen molar-refractivity contribution < 1.29 is 19.1 Å². The van der Waals surface area contributed by atoms with Crippen molar-refractivity contribution in [1.29, 1.82) is 0 Å². The molecule has 0 aliphatic rings. The monoisotopic (exact) mass is 377 g/mol. The number of halogens is 1. The maximum absolute atomic E-state index is 12.7.